The Bertz CT molecular complexity index is 472. The Morgan fingerprint density at radius 2 is 2.19 bits per heavy atom. The SMILES string of the molecule is COc1cc(Br)c(O)c([N+](=O)[O-])c1C(=O)O. The minimum absolute atomic E-state index is 0.0129. The van der Waals surface area contributed by atoms with Crippen LogP contribution in [0.4, 0.5) is 5.69 Å². The molecule has 86 valence electrons. The van der Waals surface area contributed by atoms with Gasteiger partial charge < -0.3 is 14.9 Å². The predicted molar refractivity (Wildman–Crippen MR) is 56.0 cm³/mol. The monoisotopic (exact) mass is 291 g/mol. The number of methoxy groups -OCH3 is 1. The van der Waals surface area contributed by atoms with Crippen LogP contribution in [0, 0.1) is 10.1 Å². The minimum Gasteiger partial charge on any atom is -0.501 e. The van der Waals surface area contributed by atoms with Crippen molar-refractivity contribution in [2.45, 2.75) is 0 Å². The van der Waals surface area contributed by atoms with Crippen LogP contribution in [-0.4, -0.2) is 28.2 Å². The highest BCUT2D eigenvalue weighted by Gasteiger charge is 2.31. The standard InChI is InChI=1S/C8H6BrNO6/c1-16-4-2-3(9)7(11)6(10(14)15)5(4)8(12)13/h2,11H,1H3,(H,12,13). The number of nitro benzene ring substituents is 1. The van der Waals surface area contributed by atoms with Gasteiger partial charge in [0.05, 0.1) is 16.5 Å². The highest BCUT2D eigenvalue weighted by molar-refractivity contribution is 9.10. The number of aromatic hydroxyl groups is 1. The number of ether oxygens (including phenoxy) is 1. The fourth-order valence-corrected chi connectivity index (χ4v) is 1.54. The van der Waals surface area contributed by atoms with Crippen molar-refractivity contribution in [3.05, 3.63) is 26.2 Å². The topological polar surface area (TPSA) is 110 Å². The number of phenols is 1. The number of rotatable bonds is 3. The second-order valence-corrected chi connectivity index (χ2v) is 3.55. The molecule has 1 aromatic rings. The van der Waals surface area contributed by atoms with Crippen LogP contribution in [-0.2, 0) is 0 Å². The molecule has 2 N–H and O–H groups in total. The zero-order chi connectivity index (χ0) is 12.5. The second-order valence-electron chi connectivity index (χ2n) is 2.70. The van der Waals surface area contributed by atoms with Crippen molar-refractivity contribution in [3.8, 4) is 11.5 Å². The van der Waals surface area contributed by atoms with E-state index in [1.807, 2.05) is 0 Å². The first-order chi connectivity index (χ1) is 7.40. The van der Waals surface area contributed by atoms with Crippen LogP contribution >= 0.6 is 15.9 Å². The van der Waals surface area contributed by atoms with Gasteiger partial charge >= 0.3 is 11.7 Å². The molecule has 0 unspecified atom stereocenters. The molecule has 0 saturated heterocycles. The van der Waals surface area contributed by atoms with Gasteiger partial charge in [0.1, 0.15) is 5.75 Å². The summed E-state index contributed by atoms with van der Waals surface area (Å²) < 4.78 is 4.69. The van der Waals surface area contributed by atoms with Gasteiger partial charge in [0.2, 0.25) is 5.75 Å². The van der Waals surface area contributed by atoms with Crippen molar-refractivity contribution in [1.29, 1.82) is 0 Å². The third-order valence-corrected chi connectivity index (χ3v) is 2.41. The van der Waals surface area contributed by atoms with E-state index in [2.05, 4.69) is 15.9 Å². The number of benzene rings is 1. The van der Waals surface area contributed by atoms with E-state index in [1.165, 1.54) is 7.11 Å². The Labute approximate surface area is 97.5 Å². The Balaban J connectivity index is 3.71. The first-order valence-electron chi connectivity index (χ1n) is 3.87. The maximum Gasteiger partial charge on any atom is 0.346 e. The number of hydrogen-bond acceptors (Lipinski definition) is 5. The summed E-state index contributed by atoms with van der Waals surface area (Å²) >= 11 is 2.86. The van der Waals surface area contributed by atoms with Crippen LogP contribution in [0.25, 0.3) is 0 Å². The summed E-state index contributed by atoms with van der Waals surface area (Å²) in [5.41, 5.74) is -1.59. The zero-order valence-electron chi connectivity index (χ0n) is 7.93. The van der Waals surface area contributed by atoms with Crippen molar-refractivity contribution in [3.63, 3.8) is 0 Å². The summed E-state index contributed by atoms with van der Waals surface area (Å²) in [7, 11) is 1.18. The molecule has 0 aliphatic rings. The molecule has 0 radical (unpaired) electrons. The molecule has 0 atom stereocenters. The van der Waals surface area contributed by atoms with Gasteiger partial charge in [-0.15, -0.1) is 0 Å². The Morgan fingerprint density at radius 1 is 1.62 bits per heavy atom. The Hall–Kier alpha value is -1.83. The number of aromatic carboxylic acids is 1. The molecule has 0 aromatic heterocycles. The number of phenolic OH excluding ortho intramolecular Hbond substituents is 1. The first-order valence-corrected chi connectivity index (χ1v) is 4.66. The summed E-state index contributed by atoms with van der Waals surface area (Å²) in [6, 6.07) is 1.14. The summed E-state index contributed by atoms with van der Waals surface area (Å²) in [6.45, 7) is 0. The van der Waals surface area contributed by atoms with Crippen LogP contribution in [0.1, 0.15) is 10.4 Å². The minimum atomic E-state index is -1.55. The van der Waals surface area contributed by atoms with E-state index in [4.69, 9.17) is 9.84 Å². The van der Waals surface area contributed by atoms with Gasteiger partial charge in [-0.1, -0.05) is 0 Å². The van der Waals surface area contributed by atoms with Gasteiger partial charge in [-0.05, 0) is 22.0 Å². The first kappa shape index (κ1) is 12.2. The Kier molecular flexibility index (Phi) is 3.33. The van der Waals surface area contributed by atoms with E-state index in [0.717, 1.165) is 6.07 Å². The van der Waals surface area contributed by atoms with Crippen molar-refractivity contribution in [1.82, 2.24) is 0 Å². The number of nitrogens with zero attached hydrogens (tertiary/aromatic N) is 1. The van der Waals surface area contributed by atoms with E-state index in [0.29, 0.717) is 0 Å². The molecule has 8 heteroatoms. The number of halogens is 1. The van der Waals surface area contributed by atoms with Crippen molar-refractivity contribution < 1.29 is 24.7 Å². The maximum absolute atomic E-state index is 10.9. The smallest absolute Gasteiger partial charge is 0.346 e. The predicted octanol–water partition coefficient (Wildman–Crippen LogP) is 1.77. The van der Waals surface area contributed by atoms with Crippen LogP contribution in [0.2, 0.25) is 0 Å². The number of nitro groups is 1. The van der Waals surface area contributed by atoms with Gasteiger partial charge in [0.25, 0.3) is 0 Å². The molecule has 0 saturated carbocycles. The molecule has 0 spiro atoms. The lowest BCUT2D eigenvalue weighted by molar-refractivity contribution is -0.386. The largest absolute Gasteiger partial charge is 0.501 e. The van der Waals surface area contributed by atoms with Gasteiger partial charge in [-0.2, -0.15) is 0 Å². The van der Waals surface area contributed by atoms with Gasteiger partial charge in [0.15, 0.2) is 5.56 Å². The highest BCUT2D eigenvalue weighted by Crippen LogP contribution is 2.42. The highest BCUT2D eigenvalue weighted by atomic mass is 79.9. The molecule has 0 fully saturated rings. The van der Waals surface area contributed by atoms with Crippen LogP contribution in [0.5, 0.6) is 11.5 Å². The molecule has 0 amide bonds. The lowest BCUT2D eigenvalue weighted by Gasteiger charge is -2.07. The van der Waals surface area contributed by atoms with Gasteiger partial charge in [0, 0.05) is 0 Å². The fourth-order valence-electron chi connectivity index (χ4n) is 1.15. The van der Waals surface area contributed by atoms with E-state index in [-0.39, 0.29) is 10.2 Å². The number of hydrogen-bond donors (Lipinski definition) is 2. The average molecular weight is 292 g/mol. The van der Waals surface area contributed by atoms with Crippen LogP contribution in [0.3, 0.4) is 0 Å². The lowest BCUT2D eigenvalue weighted by atomic mass is 10.1. The quantitative estimate of drug-likeness (QED) is 0.649. The molecule has 7 nitrogen and oxygen atoms in total. The van der Waals surface area contributed by atoms with Crippen molar-refractivity contribution >= 4 is 27.6 Å². The zero-order valence-corrected chi connectivity index (χ0v) is 9.52. The maximum atomic E-state index is 10.9. The van der Waals surface area contributed by atoms with Crippen LogP contribution in [0.15, 0.2) is 10.5 Å². The van der Waals surface area contributed by atoms with E-state index >= 15 is 0 Å². The summed E-state index contributed by atoms with van der Waals surface area (Å²) in [5, 5.41) is 28.9. The third-order valence-electron chi connectivity index (χ3n) is 1.81. The molecule has 0 aliphatic heterocycles. The lowest BCUT2D eigenvalue weighted by Crippen LogP contribution is -2.06. The van der Waals surface area contributed by atoms with E-state index < -0.39 is 27.9 Å². The molecule has 0 aliphatic carbocycles. The molecular weight excluding hydrogens is 286 g/mol. The number of carboxylic acid groups (broad SMARTS) is 1. The normalized spacial score (nSPS) is 9.88. The van der Waals surface area contributed by atoms with Gasteiger partial charge in [-0.25, -0.2) is 4.79 Å². The molecule has 1 rings (SSSR count). The van der Waals surface area contributed by atoms with E-state index in [9.17, 15) is 20.0 Å². The summed E-state index contributed by atoms with van der Waals surface area (Å²) in [5.74, 6) is -2.50. The average Bonchev–Trinajstić information content (AvgIpc) is 2.19. The number of carbonyl (C=O) groups is 1. The number of carboxylic acids is 1. The van der Waals surface area contributed by atoms with Crippen LogP contribution < -0.4 is 4.74 Å². The molecule has 0 bridgehead atoms. The molecule has 1 aromatic carbocycles. The second kappa shape index (κ2) is 4.35. The Morgan fingerprint density at radius 3 is 2.56 bits per heavy atom. The fraction of sp³-hybridized carbons (Fsp3) is 0.125. The van der Waals surface area contributed by atoms with E-state index in [1.54, 1.807) is 0 Å². The molecule has 16 heavy (non-hydrogen) atoms. The van der Waals surface area contributed by atoms with Gasteiger partial charge in [-0.3, -0.25) is 10.1 Å². The molecular formula is C8H6BrNO6. The molecule has 0 heterocycles. The summed E-state index contributed by atoms with van der Waals surface area (Å²) in [4.78, 5) is 20.6. The van der Waals surface area contributed by atoms with Crippen molar-refractivity contribution in [2.24, 2.45) is 0 Å². The summed E-state index contributed by atoms with van der Waals surface area (Å²) in [6.07, 6.45) is 0. The van der Waals surface area contributed by atoms with Crippen molar-refractivity contribution in [2.75, 3.05) is 7.11 Å². The third kappa shape index (κ3) is 1.91.